The van der Waals surface area contributed by atoms with Crippen molar-refractivity contribution in [1.29, 1.82) is 0 Å². The molecule has 2 heterocycles. The van der Waals surface area contributed by atoms with Crippen LogP contribution in [0.3, 0.4) is 0 Å². The molecule has 1 fully saturated rings. The number of benzene rings is 2. The van der Waals surface area contributed by atoms with Crippen molar-refractivity contribution in [1.82, 2.24) is 14.9 Å². The first-order chi connectivity index (χ1) is 16.6. The molecule has 0 spiro atoms. The van der Waals surface area contributed by atoms with Gasteiger partial charge < -0.3 is 19.7 Å². The largest absolute Gasteiger partial charge is 0.493 e. The molecule has 4 rings (SSSR count). The quantitative estimate of drug-likeness (QED) is 0.541. The highest BCUT2D eigenvalue weighted by molar-refractivity contribution is 5.93. The van der Waals surface area contributed by atoms with Crippen molar-refractivity contribution in [3.8, 4) is 17.5 Å². The highest BCUT2D eigenvalue weighted by Gasteiger charge is 2.27. The average Bonchev–Trinajstić information content (AvgIpc) is 2.87. The number of hydrogen-bond acceptors (Lipinski definition) is 6. The van der Waals surface area contributed by atoms with Gasteiger partial charge >= 0.3 is 6.01 Å². The lowest BCUT2D eigenvalue weighted by atomic mass is 9.95. The van der Waals surface area contributed by atoms with Crippen molar-refractivity contribution in [3.05, 3.63) is 72.6 Å². The zero-order valence-electron chi connectivity index (χ0n) is 19.1. The van der Waals surface area contributed by atoms with E-state index < -0.39 is 0 Å². The van der Waals surface area contributed by atoms with E-state index >= 15 is 0 Å². The molecule has 0 saturated carbocycles. The topological polar surface area (TPSA) is 93.7 Å². The number of ether oxygens (including phenoxy) is 2. The number of aromatic nitrogens is 2. The van der Waals surface area contributed by atoms with Crippen LogP contribution < -0.4 is 14.8 Å². The van der Waals surface area contributed by atoms with Gasteiger partial charge in [-0.2, -0.15) is 0 Å². The Hall–Kier alpha value is -3.94. The van der Waals surface area contributed by atoms with Crippen LogP contribution in [0.1, 0.15) is 24.8 Å². The maximum atomic E-state index is 12.8. The van der Waals surface area contributed by atoms with Gasteiger partial charge in [0.1, 0.15) is 11.5 Å². The molecule has 0 aliphatic carbocycles. The number of aryl methyl sites for hydroxylation is 1. The minimum atomic E-state index is -0.127. The Bertz CT molecular complexity index is 1100. The lowest BCUT2D eigenvalue weighted by molar-refractivity contribution is -0.135. The molecule has 3 aromatic rings. The summed E-state index contributed by atoms with van der Waals surface area (Å²) in [5, 5.41) is 3.02. The molecule has 0 bridgehead atoms. The number of hydrogen-bond donors (Lipinski definition) is 1. The van der Waals surface area contributed by atoms with E-state index in [0.29, 0.717) is 44.7 Å². The number of nitrogens with zero attached hydrogens (tertiary/aromatic N) is 3. The van der Waals surface area contributed by atoms with E-state index in [1.165, 1.54) is 0 Å². The summed E-state index contributed by atoms with van der Waals surface area (Å²) in [5.74, 6) is 1.27. The molecular weight excluding hydrogens is 432 g/mol. The number of para-hydroxylation sites is 1. The number of rotatable bonds is 8. The van der Waals surface area contributed by atoms with Crippen molar-refractivity contribution in [2.45, 2.75) is 26.2 Å². The molecule has 1 aromatic heterocycles. The molecule has 2 aromatic carbocycles. The van der Waals surface area contributed by atoms with Crippen LogP contribution in [0.15, 0.2) is 67.0 Å². The van der Waals surface area contributed by atoms with E-state index in [1.807, 2.05) is 54.3 Å². The molecule has 2 amide bonds. The molecule has 8 heteroatoms. The number of carbonyl (C=O) groups excluding carboxylic acids is 2. The number of piperidine rings is 1. The molecular formula is C26H28N4O4. The van der Waals surface area contributed by atoms with E-state index in [9.17, 15) is 9.59 Å². The van der Waals surface area contributed by atoms with Crippen LogP contribution in [0.2, 0.25) is 0 Å². The average molecular weight is 461 g/mol. The monoisotopic (exact) mass is 460 g/mol. The van der Waals surface area contributed by atoms with Crippen LogP contribution in [0, 0.1) is 12.8 Å². The summed E-state index contributed by atoms with van der Waals surface area (Å²) in [6.45, 7) is 3.40. The van der Waals surface area contributed by atoms with Crippen molar-refractivity contribution in [2.75, 3.05) is 25.0 Å². The predicted octanol–water partition coefficient (Wildman–Crippen LogP) is 4.22. The molecule has 34 heavy (non-hydrogen) atoms. The Balaban J connectivity index is 1.22. The summed E-state index contributed by atoms with van der Waals surface area (Å²) in [6.07, 6.45) is 4.83. The Labute approximate surface area is 198 Å². The summed E-state index contributed by atoms with van der Waals surface area (Å²) in [5.41, 5.74) is 1.62. The Morgan fingerprint density at radius 2 is 1.74 bits per heavy atom. The summed E-state index contributed by atoms with van der Waals surface area (Å²) in [4.78, 5) is 35.2. The van der Waals surface area contributed by atoms with Gasteiger partial charge in [-0.3, -0.25) is 9.59 Å². The molecule has 8 nitrogen and oxygen atoms in total. The maximum Gasteiger partial charge on any atom is 0.321 e. The third kappa shape index (κ3) is 6.31. The number of amides is 2. The van der Waals surface area contributed by atoms with Crippen molar-refractivity contribution in [3.63, 3.8) is 0 Å². The summed E-state index contributed by atoms with van der Waals surface area (Å²) >= 11 is 0. The van der Waals surface area contributed by atoms with Gasteiger partial charge in [0.25, 0.3) is 0 Å². The molecule has 1 aliphatic heterocycles. The smallest absolute Gasteiger partial charge is 0.321 e. The van der Waals surface area contributed by atoms with Crippen LogP contribution in [-0.2, 0) is 9.59 Å². The third-order valence-electron chi connectivity index (χ3n) is 5.75. The number of likely N-dealkylation sites (tertiary alicyclic amines) is 1. The van der Waals surface area contributed by atoms with Gasteiger partial charge in [-0.25, -0.2) is 9.97 Å². The van der Waals surface area contributed by atoms with E-state index in [4.69, 9.17) is 9.47 Å². The highest BCUT2D eigenvalue weighted by Crippen LogP contribution is 2.26. The van der Waals surface area contributed by atoms with E-state index in [0.717, 1.165) is 17.0 Å². The lowest BCUT2D eigenvalue weighted by Crippen LogP contribution is -2.41. The van der Waals surface area contributed by atoms with Crippen LogP contribution in [-0.4, -0.2) is 46.4 Å². The SMILES string of the molecule is Cc1cc(Oc2ncccn2)ccc1NC(=O)C1CCN(C(=O)CCOc2ccccc2)CC1. The normalized spacial score (nSPS) is 13.9. The van der Waals surface area contributed by atoms with Crippen molar-refractivity contribution in [2.24, 2.45) is 5.92 Å². The van der Waals surface area contributed by atoms with Crippen LogP contribution in [0.5, 0.6) is 17.5 Å². The summed E-state index contributed by atoms with van der Waals surface area (Å²) < 4.78 is 11.3. The van der Waals surface area contributed by atoms with Gasteiger partial charge in [0.05, 0.1) is 13.0 Å². The van der Waals surface area contributed by atoms with E-state index in [-0.39, 0.29) is 23.7 Å². The number of nitrogens with one attached hydrogen (secondary N) is 1. The third-order valence-corrected chi connectivity index (χ3v) is 5.75. The zero-order chi connectivity index (χ0) is 23.8. The zero-order valence-corrected chi connectivity index (χ0v) is 19.1. The summed E-state index contributed by atoms with van der Waals surface area (Å²) in [6, 6.07) is 16.9. The molecule has 1 saturated heterocycles. The van der Waals surface area contributed by atoms with Crippen LogP contribution >= 0.6 is 0 Å². The number of carbonyl (C=O) groups is 2. The van der Waals surface area contributed by atoms with E-state index in [1.54, 1.807) is 24.5 Å². The fourth-order valence-corrected chi connectivity index (χ4v) is 3.84. The molecule has 0 radical (unpaired) electrons. The van der Waals surface area contributed by atoms with Gasteiger partial charge in [0, 0.05) is 37.1 Å². The molecule has 1 aliphatic rings. The maximum absolute atomic E-state index is 12.8. The summed E-state index contributed by atoms with van der Waals surface area (Å²) in [7, 11) is 0. The first-order valence-electron chi connectivity index (χ1n) is 11.4. The molecule has 0 atom stereocenters. The van der Waals surface area contributed by atoms with Crippen molar-refractivity contribution >= 4 is 17.5 Å². The fraction of sp³-hybridized carbons (Fsp3) is 0.308. The van der Waals surface area contributed by atoms with Gasteiger partial charge in [-0.1, -0.05) is 18.2 Å². The Morgan fingerprint density at radius 1 is 1.00 bits per heavy atom. The minimum absolute atomic E-state index is 0.0253. The molecule has 1 N–H and O–H groups in total. The van der Waals surface area contributed by atoms with Crippen LogP contribution in [0.25, 0.3) is 0 Å². The fourth-order valence-electron chi connectivity index (χ4n) is 3.84. The first-order valence-corrected chi connectivity index (χ1v) is 11.4. The first kappa shape index (κ1) is 23.2. The Morgan fingerprint density at radius 3 is 2.44 bits per heavy atom. The lowest BCUT2D eigenvalue weighted by Gasteiger charge is -2.31. The van der Waals surface area contributed by atoms with Gasteiger partial charge in [0.15, 0.2) is 0 Å². The van der Waals surface area contributed by atoms with Crippen molar-refractivity contribution < 1.29 is 19.1 Å². The highest BCUT2D eigenvalue weighted by atomic mass is 16.5. The second-order valence-electron chi connectivity index (χ2n) is 8.17. The Kier molecular flexibility index (Phi) is 7.70. The van der Waals surface area contributed by atoms with Gasteiger partial charge in [-0.15, -0.1) is 0 Å². The second kappa shape index (κ2) is 11.3. The van der Waals surface area contributed by atoms with Crippen LogP contribution in [0.4, 0.5) is 5.69 Å². The molecule has 176 valence electrons. The predicted molar refractivity (Wildman–Crippen MR) is 128 cm³/mol. The minimum Gasteiger partial charge on any atom is -0.493 e. The van der Waals surface area contributed by atoms with E-state index in [2.05, 4.69) is 15.3 Å². The number of anilines is 1. The second-order valence-corrected chi connectivity index (χ2v) is 8.17. The van der Waals surface area contributed by atoms with Gasteiger partial charge in [0.2, 0.25) is 11.8 Å². The molecule has 0 unspecified atom stereocenters. The van der Waals surface area contributed by atoms with Gasteiger partial charge in [-0.05, 0) is 61.7 Å². The standard InChI is InChI=1S/C26H28N4O4/c1-19-18-22(34-26-27-13-5-14-28-26)8-9-23(19)29-25(32)20-10-15-30(16-11-20)24(31)12-17-33-21-6-3-2-4-7-21/h2-9,13-14,18,20H,10-12,15-17H2,1H3,(H,29,32).